The summed E-state index contributed by atoms with van der Waals surface area (Å²) in [7, 11) is 1.72. The van der Waals surface area contributed by atoms with Crippen LogP contribution in [-0.2, 0) is 12.8 Å². The zero-order valence-electron chi connectivity index (χ0n) is 10.6. The molecule has 0 heterocycles. The zero-order chi connectivity index (χ0) is 12.0. The van der Waals surface area contributed by atoms with Gasteiger partial charge in [0, 0.05) is 5.92 Å². The van der Waals surface area contributed by atoms with Crippen LogP contribution in [0.2, 0.25) is 0 Å². The number of methoxy groups -OCH3 is 1. The summed E-state index contributed by atoms with van der Waals surface area (Å²) in [6.07, 6.45) is 2.02. The number of rotatable bonds is 4. The molecular formula is C15H20O. The van der Waals surface area contributed by atoms with Crippen LogP contribution in [0.25, 0.3) is 0 Å². The quantitative estimate of drug-likeness (QED) is 0.700. The molecule has 1 aromatic rings. The molecule has 1 nitrogen and oxygen atoms in total. The highest BCUT2D eigenvalue weighted by atomic mass is 16.5. The average molecular weight is 216 g/mol. The van der Waals surface area contributed by atoms with E-state index in [4.69, 9.17) is 4.74 Å². The van der Waals surface area contributed by atoms with E-state index in [9.17, 15) is 0 Å². The molecule has 1 atom stereocenters. The van der Waals surface area contributed by atoms with E-state index < -0.39 is 0 Å². The number of hydrogen-bond acceptors (Lipinski definition) is 1. The first-order chi connectivity index (χ1) is 7.71. The van der Waals surface area contributed by atoms with Crippen LogP contribution in [0.1, 0.15) is 31.9 Å². The lowest BCUT2D eigenvalue weighted by atomic mass is 9.98. The summed E-state index contributed by atoms with van der Waals surface area (Å²) >= 11 is 0. The van der Waals surface area contributed by atoms with Gasteiger partial charge in [0.15, 0.2) is 0 Å². The smallest absolute Gasteiger partial charge is 0.122 e. The topological polar surface area (TPSA) is 9.23 Å². The van der Waals surface area contributed by atoms with E-state index in [1.165, 1.54) is 11.1 Å². The Morgan fingerprint density at radius 2 is 2.12 bits per heavy atom. The van der Waals surface area contributed by atoms with E-state index in [0.29, 0.717) is 5.92 Å². The van der Waals surface area contributed by atoms with Gasteiger partial charge < -0.3 is 4.74 Å². The van der Waals surface area contributed by atoms with Gasteiger partial charge in [0.2, 0.25) is 0 Å². The molecule has 0 aliphatic rings. The summed E-state index contributed by atoms with van der Waals surface area (Å²) in [5.41, 5.74) is 2.62. The van der Waals surface area contributed by atoms with Gasteiger partial charge in [-0.25, -0.2) is 0 Å². The Balaban J connectivity index is 2.93. The van der Waals surface area contributed by atoms with Gasteiger partial charge >= 0.3 is 0 Å². The maximum absolute atomic E-state index is 5.38. The molecule has 1 rings (SSSR count). The third kappa shape index (κ3) is 3.31. The second-order valence-corrected chi connectivity index (χ2v) is 4.00. The number of ether oxygens (including phenoxy) is 1. The lowest BCUT2D eigenvalue weighted by Gasteiger charge is -2.11. The number of hydrogen-bond donors (Lipinski definition) is 0. The first kappa shape index (κ1) is 12.6. The minimum Gasteiger partial charge on any atom is -0.496 e. The molecule has 86 valence electrons. The van der Waals surface area contributed by atoms with E-state index in [2.05, 4.69) is 43.9 Å². The van der Waals surface area contributed by atoms with Crippen LogP contribution in [0.3, 0.4) is 0 Å². The molecule has 1 heteroatoms. The van der Waals surface area contributed by atoms with Crippen LogP contribution in [-0.4, -0.2) is 7.11 Å². The minimum atomic E-state index is 0.381. The van der Waals surface area contributed by atoms with Crippen LogP contribution in [0.15, 0.2) is 18.2 Å². The Hall–Kier alpha value is -1.42. The molecule has 0 aliphatic heterocycles. The highest BCUT2D eigenvalue weighted by Gasteiger charge is 2.07. The van der Waals surface area contributed by atoms with Gasteiger partial charge in [0.25, 0.3) is 0 Å². The van der Waals surface area contributed by atoms with Crippen LogP contribution in [0, 0.1) is 17.8 Å². The van der Waals surface area contributed by atoms with Crippen LogP contribution in [0.5, 0.6) is 5.75 Å². The maximum Gasteiger partial charge on any atom is 0.122 e. The molecule has 0 N–H and O–H groups in total. The summed E-state index contributed by atoms with van der Waals surface area (Å²) < 4.78 is 5.38. The molecule has 0 bridgehead atoms. The third-order valence-corrected chi connectivity index (χ3v) is 2.67. The highest BCUT2D eigenvalue weighted by molar-refractivity contribution is 5.38. The molecule has 0 saturated carbocycles. The van der Waals surface area contributed by atoms with Crippen molar-refractivity contribution in [2.24, 2.45) is 5.92 Å². The fourth-order valence-corrected chi connectivity index (χ4v) is 1.84. The Labute approximate surface area is 98.8 Å². The summed E-state index contributed by atoms with van der Waals surface area (Å²) in [5.74, 6) is 7.49. The Morgan fingerprint density at radius 1 is 1.38 bits per heavy atom. The highest BCUT2D eigenvalue weighted by Crippen LogP contribution is 2.23. The van der Waals surface area contributed by atoms with Crippen LogP contribution >= 0.6 is 0 Å². The van der Waals surface area contributed by atoms with E-state index in [-0.39, 0.29) is 0 Å². The third-order valence-electron chi connectivity index (χ3n) is 2.67. The molecule has 0 spiro atoms. The van der Waals surface area contributed by atoms with Crippen molar-refractivity contribution in [1.29, 1.82) is 0 Å². The molecule has 0 saturated heterocycles. The SMILES string of the molecule is CC#CC(C)Cc1cc(CC)ccc1OC. The summed E-state index contributed by atoms with van der Waals surface area (Å²) in [6.45, 7) is 6.20. The summed E-state index contributed by atoms with van der Waals surface area (Å²) in [6, 6.07) is 6.41. The zero-order valence-corrected chi connectivity index (χ0v) is 10.6. The molecular weight excluding hydrogens is 196 g/mol. The van der Waals surface area contributed by atoms with Crippen molar-refractivity contribution in [1.82, 2.24) is 0 Å². The number of benzene rings is 1. The van der Waals surface area contributed by atoms with E-state index in [1.807, 2.05) is 6.92 Å². The molecule has 0 amide bonds. The minimum absolute atomic E-state index is 0.381. The van der Waals surface area contributed by atoms with Gasteiger partial charge in [-0.05, 0) is 37.0 Å². The summed E-state index contributed by atoms with van der Waals surface area (Å²) in [4.78, 5) is 0. The standard InChI is InChI=1S/C15H20O/c1-5-7-12(3)10-14-11-13(6-2)8-9-15(14)16-4/h8-9,11-12H,6,10H2,1-4H3. The lowest BCUT2D eigenvalue weighted by molar-refractivity contribution is 0.408. The molecule has 0 aromatic heterocycles. The van der Waals surface area contributed by atoms with Gasteiger partial charge in [0.1, 0.15) is 5.75 Å². The van der Waals surface area contributed by atoms with E-state index in [0.717, 1.165) is 18.6 Å². The Morgan fingerprint density at radius 3 is 2.69 bits per heavy atom. The van der Waals surface area contributed by atoms with Gasteiger partial charge in [0.05, 0.1) is 7.11 Å². The summed E-state index contributed by atoms with van der Waals surface area (Å²) in [5, 5.41) is 0. The largest absolute Gasteiger partial charge is 0.496 e. The van der Waals surface area contributed by atoms with Gasteiger partial charge in [-0.3, -0.25) is 0 Å². The van der Waals surface area contributed by atoms with Crippen molar-refractivity contribution in [2.45, 2.75) is 33.6 Å². The van der Waals surface area contributed by atoms with Crippen molar-refractivity contribution in [3.8, 4) is 17.6 Å². The fourth-order valence-electron chi connectivity index (χ4n) is 1.84. The second-order valence-electron chi connectivity index (χ2n) is 4.00. The molecule has 0 aliphatic carbocycles. The first-order valence-electron chi connectivity index (χ1n) is 5.79. The van der Waals surface area contributed by atoms with Crippen molar-refractivity contribution in [3.63, 3.8) is 0 Å². The first-order valence-corrected chi connectivity index (χ1v) is 5.79. The second kappa shape index (κ2) is 6.23. The van der Waals surface area contributed by atoms with Crippen molar-refractivity contribution < 1.29 is 4.74 Å². The molecule has 1 aromatic carbocycles. The number of aryl methyl sites for hydroxylation is 1. The predicted molar refractivity (Wildman–Crippen MR) is 68.7 cm³/mol. The van der Waals surface area contributed by atoms with Crippen LogP contribution in [0.4, 0.5) is 0 Å². The normalized spacial score (nSPS) is 11.5. The maximum atomic E-state index is 5.38. The van der Waals surface area contributed by atoms with Gasteiger partial charge in [-0.15, -0.1) is 11.8 Å². The lowest BCUT2D eigenvalue weighted by Crippen LogP contribution is -2.00. The van der Waals surface area contributed by atoms with Gasteiger partial charge in [-0.1, -0.05) is 26.0 Å². The monoisotopic (exact) mass is 216 g/mol. The van der Waals surface area contributed by atoms with E-state index in [1.54, 1.807) is 7.11 Å². The van der Waals surface area contributed by atoms with Crippen LogP contribution < -0.4 is 4.74 Å². The van der Waals surface area contributed by atoms with Gasteiger partial charge in [-0.2, -0.15) is 0 Å². The molecule has 0 fully saturated rings. The van der Waals surface area contributed by atoms with Crippen molar-refractivity contribution in [3.05, 3.63) is 29.3 Å². The van der Waals surface area contributed by atoms with Crippen molar-refractivity contribution >= 4 is 0 Å². The average Bonchev–Trinajstić information content (AvgIpc) is 2.29. The predicted octanol–water partition coefficient (Wildman–Crippen LogP) is 3.46. The Kier molecular flexibility index (Phi) is 4.92. The fraction of sp³-hybridized carbons (Fsp3) is 0.467. The van der Waals surface area contributed by atoms with Crippen molar-refractivity contribution in [2.75, 3.05) is 7.11 Å². The molecule has 0 radical (unpaired) electrons. The molecule has 16 heavy (non-hydrogen) atoms. The Bertz CT molecular complexity index is 396. The molecule has 1 unspecified atom stereocenters. The van der Waals surface area contributed by atoms with E-state index >= 15 is 0 Å².